The first-order valence-corrected chi connectivity index (χ1v) is 9.34. The van der Waals surface area contributed by atoms with Crippen LogP contribution in [-0.2, 0) is 17.5 Å². The number of nitrogens with zero attached hydrogens (tertiary/aromatic N) is 4. The van der Waals surface area contributed by atoms with E-state index >= 15 is 0 Å². The summed E-state index contributed by atoms with van der Waals surface area (Å²) in [5, 5.41) is 15.4. The number of halogens is 3. The molecule has 2 heterocycles. The highest BCUT2D eigenvalue weighted by atomic mass is 19.4. The monoisotopic (exact) mass is 420 g/mol. The van der Waals surface area contributed by atoms with E-state index in [1.165, 1.54) is 6.20 Å². The van der Waals surface area contributed by atoms with E-state index in [1.807, 2.05) is 13.0 Å². The molecule has 0 spiro atoms. The van der Waals surface area contributed by atoms with E-state index in [1.54, 1.807) is 7.11 Å². The molecule has 2 aromatic rings. The average molecular weight is 420 g/mol. The van der Waals surface area contributed by atoms with Crippen LogP contribution in [0, 0.1) is 16.7 Å². The Morgan fingerprint density at radius 3 is 2.63 bits per heavy atom. The van der Waals surface area contributed by atoms with E-state index in [-0.39, 0.29) is 40.7 Å². The van der Waals surface area contributed by atoms with Gasteiger partial charge in [-0.05, 0) is 19.4 Å². The van der Waals surface area contributed by atoms with E-state index in [0.29, 0.717) is 5.82 Å². The van der Waals surface area contributed by atoms with Gasteiger partial charge in [0, 0.05) is 43.1 Å². The number of hydrogen-bond donors (Lipinski definition) is 2. The highest BCUT2D eigenvalue weighted by molar-refractivity contribution is 5.55. The van der Waals surface area contributed by atoms with Gasteiger partial charge >= 0.3 is 6.18 Å². The van der Waals surface area contributed by atoms with Gasteiger partial charge in [0.15, 0.2) is 0 Å². The lowest BCUT2D eigenvalue weighted by Crippen LogP contribution is -2.65. The van der Waals surface area contributed by atoms with Crippen molar-refractivity contribution in [3.05, 3.63) is 41.3 Å². The van der Waals surface area contributed by atoms with Gasteiger partial charge in [0.2, 0.25) is 5.95 Å². The molecule has 0 aromatic carbocycles. The number of hydrogen-bond acceptors (Lipinski definition) is 7. The molecule has 2 N–H and O–H groups in total. The molecule has 2 aromatic heterocycles. The number of nitriles is 1. The molecule has 0 aliphatic heterocycles. The van der Waals surface area contributed by atoms with Crippen LogP contribution < -0.4 is 10.6 Å². The summed E-state index contributed by atoms with van der Waals surface area (Å²) in [5.41, 5.74) is -1.07. The van der Waals surface area contributed by atoms with Crippen LogP contribution in [0.1, 0.15) is 43.9 Å². The van der Waals surface area contributed by atoms with E-state index in [2.05, 4.69) is 39.4 Å². The second-order valence-electron chi connectivity index (χ2n) is 8.01. The van der Waals surface area contributed by atoms with Gasteiger partial charge in [-0.2, -0.15) is 23.4 Å². The molecule has 1 aliphatic carbocycles. The molecular weight excluding hydrogens is 397 g/mol. The Kier molecular flexibility index (Phi) is 5.60. The van der Waals surface area contributed by atoms with Gasteiger partial charge in [0.1, 0.15) is 17.5 Å². The van der Waals surface area contributed by atoms with Crippen LogP contribution >= 0.6 is 0 Å². The number of methoxy groups -OCH3 is 1. The predicted octanol–water partition coefficient (Wildman–Crippen LogP) is 3.99. The van der Waals surface area contributed by atoms with E-state index < -0.39 is 11.7 Å². The summed E-state index contributed by atoms with van der Waals surface area (Å²) in [7, 11) is 1.67. The summed E-state index contributed by atoms with van der Waals surface area (Å²) in [6, 6.07) is 2.97. The lowest BCUT2D eigenvalue weighted by molar-refractivity contribution is -0.166. The third-order valence-corrected chi connectivity index (χ3v) is 6.14. The molecule has 2 unspecified atom stereocenters. The highest BCUT2D eigenvalue weighted by Gasteiger charge is 2.58. The Bertz CT molecular complexity index is 972. The summed E-state index contributed by atoms with van der Waals surface area (Å²) in [5.74, 6) is 0.438. The molecule has 30 heavy (non-hydrogen) atoms. The third kappa shape index (κ3) is 3.89. The number of rotatable bonds is 6. The number of aromatic nitrogens is 3. The zero-order valence-electron chi connectivity index (χ0n) is 17.1. The Morgan fingerprint density at radius 2 is 2.03 bits per heavy atom. The van der Waals surface area contributed by atoms with E-state index in [0.717, 1.165) is 24.9 Å². The van der Waals surface area contributed by atoms with Gasteiger partial charge in [0.25, 0.3) is 0 Å². The molecule has 1 aliphatic rings. The molecule has 0 radical (unpaired) electrons. The van der Waals surface area contributed by atoms with Crippen molar-refractivity contribution in [1.82, 2.24) is 15.0 Å². The minimum absolute atomic E-state index is 0.00690. The number of pyridine rings is 1. The number of nitrogens with one attached hydrogen (secondary N) is 2. The van der Waals surface area contributed by atoms with Gasteiger partial charge in [-0.1, -0.05) is 13.8 Å². The fourth-order valence-corrected chi connectivity index (χ4v) is 3.57. The van der Waals surface area contributed by atoms with Crippen molar-refractivity contribution < 1.29 is 17.9 Å². The highest BCUT2D eigenvalue weighted by Crippen LogP contribution is 2.52. The van der Waals surface area contributed by atoms with E-state index in [9.17, 15) is 18.4 Å². The van der Waals surface area contributed by atoms with Crippen LogP contribution in [0.4, 0.5) is 24.9 Å². The fraction of sp³-hybridized carbons (Fsp3) is 0.500. The lowest BCUT2D eigenvalue weighted by Gasteiger charge is -2.59. The smallest absolute Gasteiger partial charge is 0.378 e. The van der Waals surface area contributed by atoms with Crippen molar-refractivity contribution in [2.24, 2.45) is 5.41 Å². The molecule has 2 atom stereocenters. The molecule has 0 bridgehead atoms. The standard InChI is InChI=1S/C20H23F3N6O/c1-18(2)15(7-19(18,3)30-4)28-16-12(8-24)10-26-17(29-16)27-11-13-9-25-6-5-14(13)20(21,22)23/h5-6,9-10,15H,7,11H2,1-4H3,(H2,26,27,28,29). The third-order valence-electron chi connectivity index (χ3n) is 6.14. The largest absolute Gasteiger partial charge is 0.416 e. The molecule has 160 valence electrons. The SMILES string of the molecule is COC1(C)CC(Nc2nc(NCc3cnccc3C(F)(F)F)ncc2C#N)C1(C)C. The summed E-state index contributed by atoms with van der Waals surface area (Å²) in [6.45, 7) is 5.98. The average Bonchev–Trinajstić information content (AvgIpc) is 2.71. The lowest BCUT2D eigenvalue weighted by atomic mass is 9.56. The maximum Gasteiger partial charge on any atom is 0.416 e. The zero-order chi connectivity index (χ0) is 22.2. The quantitative estimate of drug-likeness (QED) is 0.729. The predicted molar refractivity (Wildman–Crippen MR) is 105 cm³/mol. The van der Waals surface area contributed by atoms with Crippen molar-refractivity contribution in [1.29, 1.82) is 5.26 Å². The van der Waals surface area contributed by atoms with Crippen molar-refractivity contribution in [3.63, 3.8) is 0 Å². The maximum absolute atomic E-state index is 13.1. The van der Waals surface area contributed by atoms with E-state index in [4.69, 9.17) is 4.74 Å². The van der Waals surface area contributed by atoms with Crippen LogP contribution in [0.3, 0.4) is 0 Å². The molecule has 1 fully saturated rings. The van der Waals surface area contributed by atoms with Crippen molar-refractivity contribution >= 4 is 11.8 Å². The maximum atomic E-state index is 13.1. The first-order chi connectivity index (χ1) is 14.0. The normalized spacial score (nSPS) is 22.7. The van der Waals surface area contributed by atoms with Crippen molar-refractivity contribution in [2.75, 3.05) is 17.7 Å². The minimum Gasteiger partial charge on any atom is -0.378 e. The Morgan fingerprint density at radius 1 is 1.30 bits per heavy atom. The van der Waals surface area contributed by atoms with Crippen molar-refractivity contribution in [2.45, 2.75) is 51.6 Å². The van der Waals surface area contributed by atoms with Crippen LogP contribution in [0.2, 0.25) is 0 Å². The van der Waals surface area contributed by atoms with Crippen LogP contribution in [-0.4, -0.2) is 33.7 Å². The molecule has 7 nitrogen and oxygen atoms in total. The number of ether oxygens (including phenoxy) is 1. The molecular formula is C20H23F3N6O. The second-order valence-corrected chi connectivity index (χ2v) is 8.01. The number of alkyl halides is 3. The van der Waals surface area contributed by atoms with Gasteiger partial charge < -0.3 is 15.4 Å². The Balaban J connectivity index is 1.78. The second kappa shape index (κ2) is 7.72. The minimum atomic E-state index is -4.48. The van der Waals surface area contributed by atoms with Crippen LogP contribution in [0.5, 0.6) is 0 Å². The van der Waals surface area contributed by atoms with Gasteiger partial charge in [-0.25, -0.2) is 4.98 Å². The fourth-order valence-electron chi connectivity index (χ4n) is 3.57. The molecule has 1 saturated carbocycles. The van der Waals surface area contributed by atoms with Gasteiger partial charge in [-0.15, -0.1) is 0 Å². The van der Waals surface area contributed by atoms with Gasteiger partial charge in [-0.3, -0.25) is 4.98 Å². The first kappa shape index (κ1) is 21.8. The summed E-state index contributed by atoms with van der Waals surface area (Å²) >= 11 is 0. The topological polar surface area (TPSA) is 95.8 Å². The van der Waals surface area contributed by atoms with Gasteiger partial charge in [0.05, 0.1) is 17.4 Å². The first-order valence-electron chi connectivity index (χ1n) is 9.34. The number of anilines is 2. The van der Waals surface area contributed by atoms with Crippen LogP contribution in [0.25, 0.3) is 0 Å². The molecule has 0 amide bonds. The van der Waals surface area contributed by atoms with Crippen molar-refractivity contribution in [3.8, 4) is 6.07 Å². The Labute approximate surface area is 172 Å². The molecule has 3 rings (SSSR count). The molecule has 0 saturated heterocycles. The molecule has 10 heteroatoms. The Hall–Kier alpha value is -2.93. The summed E-state index contributed by atoms with van der Waals surface area (Å²) in [4.78, 5) is 12.1. The zero-order valence-corrected chi connectivity index (χ0v) is 17.1. The summed E-state index contributed by atoms with van der Waals surface area (Å²) in [6.07, 6.45) is -0.171. The summed E-state index contributed by atoms with van der Waals surface area (Å²) < 4.78 is 45.1. The van der Waals surface area contributed by atoms with Crippen LogP contribution in [0.15, 0.2) is 24.7 Å².